The predicted molar refractivity (Wildman–Crippen MR) is 41.0 cm³/mol. The van der Waals surface area contributed by atoms with Crippen molar-refractivity contribution in [3.63, 3.8) is 0 Å². The maximum atomic E-state index is 5.45. The highest BCUT2D eigenvalue weighted by molar-refractivity contribution is 6.17. The fourth-order valence-corrected chi connectivity index (χ4v) is 0.542. The maximum absolute atomic E-state index is 5.45. The van der Waals surface area contributed by atoms with Crippen molar-refractivity contribution >= 4 is 11.6 Å². The van der Waals surface area contributed by atoms with Crippen molar-refractivity contribution in [2.24, 2.45) is 0 Å². The first kappa shape index (κ1) is 9.25. The lowest BCUT2D eigenvalue weighted by Crippen LogP contribution is -2.19. The van der Waals surface area contributed by atoms with Crippen LogP contribution in [0.25, 0.3) is 0 Å². The molecular formula is C7H15ClO. The second-order valence-corrected chi connectivity index (χ2v) is 3.38. The van der Waals surface area contributed by atoms with E-state index < -0.39 is 0 Å². The molecule has 0 radical (unpaired) electrons. The second-order valence-electron chi connectivity index (χ2n) is 3.00. The molecule has 0 unspecified atom stereocenters. The third-order valence-electron chi connectivity index (χ3n) is 0.813. The molecule has 0 atom stereocenters. The van der Waals surface area contributed by atoms with Crippen molar-refractivity contribution in [2.45, 2.75) is 32.8 Å². The van der Waals surface area contributed by atoms with E-state index in [-0.39, 0.29) is 5.60 Å². The maximum Gasteiger partial charge on any atom is 0.0598 e. The summed E-state index contributed by atoms with van der Waals surface area (Å²) >= 11 is 5.45. The number of hydrogen-bond acceptors (Lipinski definition) is 1. The van der Waals surface area contributed by atoms with Crippen molar-refractivity contribution in [3.05, 3.63) is 0 Å². The summed E-state index contributed by atoms with van der Waals surface area (Å²) in [5.41, 5.74) is -0.00788. The molecule has 0 aliphatic heterocycles. The van der Waals surface area contributed by atoms with E-state index in [1.54, 1.807) is 0 Å². The highest BCUT2D eigenvalue weighted by atomic mass is 35.5. The van der Waals surface area contributed by atoms with Gasteiger partial charge in [-0.1, -0.05) is 0 Å². The van der Waals surface area contributed by atoms with Gasteiger partial charge in [0.2, 0.25) is 0 Å². The van der Waals surface area contributed by atoms with E-state index in [4.69, 9.17) is 16.3 Å². The second kappa shape index (κ2) is 4.13. The first-order valence-electron chi connectivity index (χ1n) is 3.26. The molecule has 0 N–H and O–H groups in total. The van der Waals surface area contributed by atoms with Crippen molar-refractivity contribution in [2.75, 3.05) is 12.5 Å². The van der Waals surface area contributed by atoms with Gasteiger partial charge >= 0.3 is 0 Å². The van der Waals surface area contributed by atoms with Crippen LogP contribution < -0.4 is 0 Å². The van der Waals surface area contributed by atoms with Gasteiger partial charge in [0.15, 0.2) is 0 Å². The fourth-order valence-electron chi connectivity index (χ4n) is 0.433. The van der Waals surface area contributed by atoms with Gasteiger partial charge in [-0.2, -0.15) is 0 Å². The molecule has 0 heterocycles. The zero-order chi connectivity index (χ0) is 7.33. The Morgan fingerprint density at radius 3 is 2.22 bits per heavy atom. The van der Waals surface area contributed by atoms with Gasteiger partial charge in [-0.3, -0.25) is 0 Å². The Labute approximate surface area is 62.3 Å². The molecule has 0 aromatic rings. The molecule has 0 saturated carbocycles. The molecule has 0 bridgehead atoms. The lowest BCUT2D eigenvalue weighted by molar-refractivity contribution is -0.00206. The van der Waals surface area contributed by atoms with Crippen molar-refractivity contribution in [1.82, 2.24) is 0 Å². The minimum atomic E-state index is -0.00788. The van der Waals surface area contributed by atoms with Gasteiger partial charge in [-0.15, -0.1) is 11.6 Å². The van der Waals surface area contributed by atoms with Crippen LogP contribution in [-0.4, -0.2) is 18.1 Å². The quantitative estimate of drug-likeness (QED) is 0.444. The van der Waals surface area contributed by atoms with E-state index in [2.05, 4.69) is 0 Å². The summed E-state index contributed by atoms with van der Waals surface area (Å²) in [5.74, 6) is 0.691. The van der Waals surface area contributed by atoms with Crippen LogP contribution >= 0.6 is 11.6 Å². The number of rotatable bonds is 3. The van der Waals surface area contributed by atoms with Crippen molar-refractivity contribution in [3.8, 4) is 0 Å². The number of halogens is 1. The standard InChI is InChI=1S/C7H15ClO/c1-7(2,3)9-6-4-5-8/h4-6H2,1-3H3. The summed E-state index contributed by atoms with van der Waals surface area (Å²) in [6.45, 7) is 6.90. The third-order valence-corrected chi connectivity index (χ3v) is 1.08. The number of alkyl halides is 1. The molecule has 0 aliphatic rings. The van der Waals surface area contributed by atoms with Gasteiger partial charge in [0.25, 0.3) is 0 Å². The Morgan fingerprint density at radius 1 is 1.33 bits per heavy atom. The van der Waals surface area contributed by atoms with Crippen LogP contribution in [0.3, 0.4) is 0 Å². The Bertz CT molecular complexity index is 65.8. The lowest BCUT2D eigenvalue weighted by Gasteiger charge is -2.18. The summed E-state index contributed by atoms with van der Waals surface area (Å²) in [5, 5.41) is 0. The van der Waals surface area contributed by atoms with E-state index in [1.165, 1.54) is 0 Å². The lowest BCUT2D eigenvalue weighted by atomic mass is 10.2. The van der Waals surface area contributed by atoms with Gasteiger partial charge < -0.3 is 4.74 Å². The first-order chi connectivity index (χ1) is 4.06. The average molecular weight is 151 g/mol. The van der Waals surface area contributed by atoms with E-state index in [0.29, 0.717) is 5.88 Å². The van der Waals surface area contributed by atoms with Crippen LogP contribution in [0.15, 0.2) is 0 Å². The van der Waals surface area contributed by atoms with Crippen LogP contribution in [0.5, 0.6) is 0 Å². The monoisotopic (exact) mass is 150 g/mol. The molecule has 2 heteroatoms. The minimum Gasteiger partial charge on any atom is -0.376 e. The molecule has 0 aromatic heterocycles. The number of ether oxygens (including phenoxy) is 1. The van der Waals surface area contributed by atoms with Crippen LogP contribution in [0.1, 0.15) is 27.2 Å². The molecule has 0 spiro atoms. The van der Waals surface area contributed by atoms with E-state index >= 15 is 0 Å². The predicted octanol–water partition coefficient (Wildman–Crippen LogP) is 2.43. The van der Waals surface area contributed by atoms with Gasteiger partial charge in [0.05, 0.1) is 5.60 Å². The van der Waals surface area contributed by atoms with Gasteiger partial charge in [-0.25, -0.2) is 0 Å². The highest BCUT2D eigenvalue weighted by Crippen LogP contribution is 2.06. The average Bonchev–Trinajstić information content (AvgIpc) is 1.63. The molecule has 0 rings (SSSR count). The van der Waals surface area contributed by atoms with Crippen LogP contribution in [0.2, 0.25) is 0 Å². The summed E-state index contributed by atoms with van der Waals surface area (Å²) in [4.78, 5) is 0. The molecule has 0 amide bonds. The number of hydrogen-bond donors (Lipinski definition) is 0. The van der Waals surface area contributed by atoms with E-state index in [9.17, 15) is 0 Å². The Kier molecular flexibility index (Phi) is 4.24. The highest BCUT2D eigenvalue weighted by Gasteiger charge is 2.08. The largest absolute Gasteiger partial charge is 0.376 e. The summed E-state index contributed by atoms with van der Waals surface area (Å²) in [6.07, 6.45) is 0.943. The molecule has 1 nitrogen and oxygen atoms in total. The molecule has 9 heavy (non-hydrogen) atoms. The van der Waals surface area contributed by atoms with Crippen LogP contribution in [0, 0.1) is 0 Å². The molecule has 0 aromatic carbocycles. The summed E-state index contributed by atoms with van der Waals surface area (Å²) in [6, 6.07) is 0. The SMILES string of the molecule is CC(C)(C)OCCCCl. The van der Waals surface area contributed by atoms with E-state index in [1.807, 2.05) is 20.8 Å². The van der Waals surface area contributed by atoms with Crippen molar-refractivity contribution in [1.29, 1.82) is 0 Å². The normalized spacial score (nSPS) is 12.0. The topological polar surface area (TPSA) is 9.23 Å². The first-order valence-corrected chi connectivity index (χ1v) is 3.79. The molecule has 0 saturated heterocycles. The summed E-state index contributed by atoms with van der Waals surface area (Å²) in [7, 11) is 0. The smallest absolute Gasteiger partial charge is 0.0598 e. The fraction of sp³-hybridized carbons (Fsp3) is 1.00. The van der Waals surface area contributed by atoms with E-state index in [0.717, 1.165) is 13.0 Å². The Morgan fingerprint density at radius 2 is 1.89 bits per heavy atom. The summed E-state index contributed by atoms with van der Waals surface area (Å²) < 4.78 is 5.39. The van der Waals surface area contributed by atoms with Gasteiger partial charge in [0, 0.05) is 12.5 Å². The zero-order valence-corrected chi connectivity index (χ0v) is 7.16. The van der Waals surface area contributed by atoms with Crippen LogP contribution in [-0.2, 0) is 4.74 Å². The Balaban J connectivity index is 3.07. The third kappa shape index (κ3) is 8.25. The minimum absolute atomic E-state index is 0.00788. The van der Waals surface area contributed by atoms with Crippen molar-refractivity contribution < 1.29 is 4.74 Å². The van der Waals surface area contributed by atoms with Crippen LogP contribution in [0.4, 0.5) is 0 Å². The molecular weight excluding hydrogens is 136 g/mol. The van der Waals surface area contributed by atoms with Gasteiger partial charge in [0.1, 0.15) is 0 Å². The molecule has 56 valence electrons. The molecule has 0 fully saturated rings. The Hall–Kier alpha value is 0.250. The van der Waals surface area contributed by atoms with Gasteiger partial charge in [-0.05, 0) is 27.2 Å². The zero-order valence-electron chi connectivity index (χ0n) is 6.41. The molecule has 0 aliphatic carbocycles.